The van der Waals surface area contributed by atoms with Gasteiger partial charge in [0.25, 0.3) is 5.91 Å². The molecule has 0 saturated carbocycles. The third-order valence-electron chi connectivity index (χ3n) is 8.58. The van der Waals surface area contributed by atoms with E-state index in [9.17, 15) is 22.8 Å². The number of rotatable bonds is 10. The SMILES string of the molecule is CCOC(=O)C1CCN(c2ccc(C(=O)Nc3cc(CN4CCCC4CC)c(-c4ccc(OC(F)(F)F)cc4)cn3)cc2)CC1. The van der Waals surface area contributed by atoms with Gasteiger partial charge < -0.3 is 19.7 Å². The molecule has 11 heteroatoms. The molecule has 0 aliphatic carbocycles. The molecular formula is C34H39F3N4O4. The van der Waals surface area contributed by atoms with Crippen LogP contribution >= 0.6 is 0 Å². The molecule has 5 rings (SSSR count). The van der Waals surface area contributed by atoms with Crippen LogP contribution in [0.2, 0.25) is 0 Å². The molecule has 2 saturated heterocycles. The predicted octanol–water partition coefficient (Wildman–Crippen LogP) is 7.05. The third-order valence-corrected chi connectivity index (χ3v) is 8.58. The quantitative estimate of drug-likeness (QED) is 0.242. The number of piperidine rings is 1. The van der Waals surface area contributed by atoms with Gasteiger partial charge in [0.15, 0.2) is 0 Å². The molecule has 0 spiro atoms. The Bertz CT molecular complexity index is 1460. The summed E-state index contributed by atoms with van der Waals surface area (Å²) >= 11 is 0. The number of pyridine rings is 1. The number of hydrogen-bond donors (Lipinski definition) is 1. The molecule has 2 aliphatic heterocycles. The lowest BCUT2D eigenvalue weighted by Gasteiger charge is -2.32. The first-order valence-electron chi connectivity index (χ1n) is 15.6. The lowest BCUT2D eigenvalue weighted by atomic mass is 9.96. The van der Waals surface area contributed by atoms with Crippen molar-refractivity contribution in [2.24, 2.45) is 5.92 Å². The van der Waals surface area contributed by atoms with Gasteiger partial charge in [-0.25, -0.2) is 4.98 Å². The number of halogens is 3. The first-order valence-corrected chi connectivity index (χ1v) is 15.6. The molecule has 3 heterocycles. The second kappa shape index (κ2) is 14.3. The van der Waals surface area contributed by atoms with Crippen LogP contribution in [-0.4, -0.2) is 60.4 Å². The molecule has 45 heavy (non-hydrogen) atoms. The van der Waals surface area contributed by atoms with Crippen LogP contribution in [0.1, 0.15) is 61.9 Å². The minimum atomic E-state index is -4.76. The van der Waals surface area contributed by atoms with Crippen molar-refractivity contribution in [3.05, 3.63) is 71.9 Å². The Kier molecular flexibility index (Phi) is 10.3. The zero-order valence-corrected chi connectivity index (χ0v) is 25.6. The number of nitrogens with one attached hydrogen (secondary N) is 1. The van der Waals surface area contributed by atoms with Crippen molar-refractivity contribution in [2.45, 2.75) is 64.9 Å². The van der Waals surface area contributed by atoms with Crippen molar-refractivity contribution >= 4 is 23.4 Å². The van der Waals surface area contributed by atoms with E-state index >= 15 is 0 Å². The Balaban J connectivity index is 1.29. The number of carbonyl (C=O) groups is 2. The zero-order valence-electron chi connectivity index (χ0n) is 25.6. The highest BCUT2D eigenvalue weighted by Crippen LogP contribution is 2.32. The molecule has 240 valence electrons. The van der Waals surface area contributed by atoms with Crippen molar-refractivity contribution in [1.29, 1.82) is 0 Å². The number of carbonyl (C=O) groups excluding carboxylic acids is 2. The van der Waals surface area contributed by atoms with E-state index in [1.54, 1.807) is 30.5 Å². The van der Waals surface area contributed by atoms with Gasteiger partial charge in [-0.3, -0.25) is 14.5 Å². The molecular weight excluding hydrogens is 585 g/mol. The maximum absolute atomic E-state index is 13.2. The van der Waals surface area contributed by atoms with Crippen molar-refractivity contribution in [3.8, 4) is 16.9 Å². The van der Waals surface area contributed by atoms with E-state index < -0.39 is 6.36 Å². The molecule has 1 aromatic heterocycles. The maximum atomic E-state index is 13.2. The van der Waals surface area contributed by atoms with Gasteiger partial charge in [0.1, 0.15) is 11.6 Å². The first kappa shape index (κ1) is 32.3. The fraction of sp³-hybridized carbons (Fsp3) is 0.441. The number of hydrogen-bond acceptors (Lipinski definition) is 7. The van der Waals surface area contributed by atoms with Crippen LogP contribution in [0.3, 0.4) is 0 Å². The van der Waals surface area contributed by atoms with Crippen LogP contribution in [0.25, 0.3) is 11.1 Å². The Hall–Kier alpha value is -4.12. The summed E-state index contributed by atoms with van der Waals surface area (Å²) in [5, 5.41) is 2.91. The number of ether oxygens (including phenoxy) is 2. The predicted molar refractivity (Wildman–Crippen MR) is 166 cm³/mol. The number of aromatic nitrogens is 1. The number of benzene rings is 2. The fourth-order valence-electron chi connectivity index (χ4n) is 6.22. The van der Waals surface area contributed by atoms with Crippen LogP contribution in [-0.2, 0) is 16.1 Å². The summed E-state index contributed by atoms with van der Waals surface area (Å²) in [6, 6.07) is 15.4. The second-order valence-corrected chi connectivity index (χ2v) is 11.5. The standard InChI is InChI=1S/C34H39F3N4O4/c1-3-27-6-5-17-41(27)22-26-20-31(38-21-30(26)23-9-13-29(14-10-23)45-34(35,36)37)39-32(42)24-7-11-28(12-8-24)40-18-15-25(16-19-40)33(43)44-4-2/h7-14,20-21,25,27H,3-6,15-19,22H2,1-2H3,(H,38,39,42). The van der Waals surface area contributed by atoms with Crippen molar-refractivity contribution in [3.63, 3.8) is 0 Å². The summed E-state index contributed by atoms with van der Waals surface area (Å²) in [5.74, 6) is -0.394. The molecule has 2 aromatic carbocycles. The lowest BCUT2D eigenvalue weighted by molar-refractivity contribution is -0.274. The number of alkyl halides is 3. The number of amides is 1. The molecule has 2 fully saturated rings. The monoisotopic (exact) mass is 624 g/mol. The van der Waals surface area contributed by atoms with Gasteiger partial charge in [-0.1, -0.05) is 19.1 Å². The summed E-state index contributed by atoms with van der Waals surface area (Å²) in [6.45, 7) is 7.42. The lowest BCUT2D eigenvalue weighted by Crippen LogP contribution is -2.37. The summed E-state index contributed by atoms with van der Waals surface area (Å²) < 4.78 is 47.2. The van der Waals surface area contributed by atoms with E-state index in [0.29, 0.717) is 36.1 Å². The molecule has 3 aromatic rings. The van der Waals surface area contributed by atoms with Gasteiger partial charge >= 0.3 is 12.3 Å². The molecule has 0 bridgehead atoms. The third kappa shape index (κ3) is 8.33. The number of anilines is 2. The normalized spacial score (nSPS) is 17.7. The molecule has 1 amide bonds. The summed E-state index contributed by atoms with van der Waals surface area (Å²) in [7, 11) is 0. The smallest absolute Gasteiger partial charge is 0.466 e. The fourth-order valence-corrected chi connectivity index (χ4v) is 6.22. The summed E-state index contributed by atoms with van der Waals surface area (Å²) in [6.07, 6.45) is 1.59. The maximum Gasteiger partial charge on any atom is 0.573 e. The Morgan fingerprint density at radius 3 is 2.33 bits per heavy atom. The van der Waals surface area contributed by atoms with Gasteiger partial charge in [0.05, 0.1) is 12.5 Å². The zero-order chi connectivity index (χ0) is 32.0. The van der Waals surface area contributed by atoms with E-state index in [0.717, 1.165) is 68.6 Å². The molecule has 0 radical (unpaired) electrons. The van der Waals surface area contributed by atoms with E-state index in [2.05, 4.69) is 31.8 Å². The Morgan fingerprint density at radius 2 is 1.69 bits per heavy atom. The van der Waals surface area contributed by atoms with Gasteiger partial charge in [0.2, 0.25) is 0 Å². The van der Waals surface area contributed by atoms with Crippen molar-refractivity contribution < 1.29 is 32.2 Å². The van der Waals surface area contributed by atoms with Crippen molar-refractivity contribution in [2.75, 3.05) is 36.5 Å². The van der Waals surface area contributed by atoms with E-state index in [-0.39, 0.29) is 23.5 Å². The van der Waals surface area contributed by atoms with Crippen LogP contribution in [0, 0.1) is 5.92 Å². The van der Waals surface area contributed by atoms with E-state index in [1.165, 1.54) is 12.1 Å². The highest BCUT2D eigenvalue weighted by atomic mass is 19.4. The Labute approximate surface area is 261 Å². The molecule has 1 atom stereocenters. The van der Waals surface area contributed by atoms with E-state index in [4.69, 9.17) is 4.74 Å². The summed E-state index contributed by atoms with van der Waals surface area (Å²) in [5.41, 5.74) is 3.88. The largest absolute Gasteiger partial charge is 0.573 e. The van der Waals surface area contributed by atoms with Crippen molar-refractivity contribution in [1.82, 2.24) is 9.88 Å². The summed E-state index contributed by atoms with van der Waals surface area (Å²) in [4.78, 5) is 34.4. The molecule has 1 N–H and O–H groups in total. The molecule has 8 nitrogen and oxygen atoms in total. The average Bonchev–Trinajstić information content (AvgIpc) is 3.48. The second-order valence-electron chi connectivity index (χ2n) is 11.5. The average molecular weight is 625 g/mol. The molecule has 1 unspecified atom stereocenters. The van der Waals surface area contributed by atoms with E-state index in [1.807, 2.05) is 25.1 Å². The van der Waals surface area contributed by atoms with Gasteiger partial charge in [-0.2, -0.15) is 0 Å². The highest BCUT2D eigenvalue weighted by Gasteiger charge is 2.31. The highest BCUT2D eigenvalue weighted by molar-refractivity contribution is 6.04. The van der Waals surface area contributed by atoms with Crippen LogP contribution < -0.4 is 15.0 Å². The van der Waals surface area contributed by atoms with Gasteiger partial charge in [0, 0.05) is 48.7 Å². The molecule has 2 aliphatic rings. The number of esters is 1. The Morgan fingerprint density at radius 1 is 0.978 bits per heavy atom. The van der Waals surface area contributed by atoms with Gasteiger partial charge in [-0.15, -0.1) is 13.2 Å². The van der Waals surface area contributed by atoms with Gasteiger partial charge in [-0.05, 0) is 99.2 Å². The minimum Gasteiger partial charge on any atom is -0.466 e. The topological polar surface area (TPSA) is 84.0 Å². The number of nitrogens with zero attached hydrogens (tertiary/aromatic N) is 3. The first-order chi connectivity index (χ1) is 21.6. The van der Waals surface area contributed by atoms with Crippen LogP contribution in [0.4, 0.5) is 24.7 Å². The minimum absolute atomic E-state index is 0.0730. The van der Waals surface area contributed by atoms with Crippen LogP contribution in [0.5, 0.6) is 5.75 Å². The van der Waals surface area contributed by atoms with Crippen LogP contribution in [0.15, 0.2) is 60.8 Å². The number of likely N-dealkylation sites (tertiary alicyclic amines) is 1.